The SMILES string of the molecule is CN(C)CCNC(=O)c1nc(-c2cccc(F)c2)n2c1CCCCC2. The van der Waals surface area contributed by atoms with Crippen molar-refractivity contribution in [1.29, 1.82) is 0 Å². The molecule has 25 heavy (non-hydrogen) atoms. The zero-order valence-electron chi connectivity index (χ0n) is 14.9. The lowest BCUT2D eigenvalue weighted by Crippen LogP contribution is -2.32. The fourth-order valence-electron chi connectivity index (χ4n) is 3.23. The molecule has 134 valence electrons. The van der Waals surface area contributed by atoms with Gasteiger partial charge in [0.05, 0.1) is 5.69 Å². The van der Waals surface area contributed by atoms with Crippen molar-refractivity contribution in [3.05, 3.63) is 41.5 Å². The largest absolute Gasteiger partial charge is 0.349 e. The molecule has 1 aliphatic rings. The molecule has 0 spiro atoms. The second-order valence-corrected chi connectivity index (χ2v) is 6.76. The van der Waals surface area contributed by atoms with E-state index in [2.05, 4.69) is 14.9 Å². The Balaban J connectivity index is 1.94. The first-order valence-electron chi connectivity index (χ1n) is 8.84. The van der Waals surface area contributed by atoms with Gasteiger partial charge in [-0.1, -0.05) is 18.6 Å². The molecule has 0 saturated carbocycles. The molecule has 0 aliphatic carbocycles. The number of carbonyl (C=O) groups excluding carboxylic acids is 1. The standard InChI is InChI=1S/C19H25FN4O/c1-23(2)12-10-21-19(25)17-16-9-4-3-5-11-24(16)18(22-17)14-7-6-8-15(20)13-14/h6-8,13H,3-5,9-12H2,1-2H3,(H,21,25). The van der Waals surface area contributed by atoms with Crippen LogP contribution < -0.4 is 5.32 Å². The molecule has 1 aliphatic heterocycles. The van der Waals surface area contributed by atoms with Crippen LogP contribution in [0.25, 0.3) is 11.4 Å². The van der Waals surface area contributed by atoms with Gasteiger partial charge >= 0.3 is 0 Å². The number of nitrogens with one attached hydrogen (secondary N) is 1. The summed E-state index contributed by atoms with van der Waals surface area (Å²) in [5, 5.41) is 2.95. The van der Waals surface area contributed by atoms with Crippen molar-refractivity contribution in [3.8, 4) is 11.4 Å². The van der Waals surface area contributed by atoms with Gasteiger partial charge in [-0.2, -0.15) is 0 Å². The highest BCUT2D eigenvalue weighted by Gasteiger charge is 2.24. The van der Waals surface area contributed by atoms with Crippen LogP contribution in [0, 0.1) is 5.82 Å². The van der Waals surface area contributed by atoms with Crippen molar-refractivity contribution < 1.29 is 9.18 Å². The summed E-state index contributed by atoms with van der Waals surface area (Å²) in [7, 11) is 3.94. The Kier molecular flexibility index (Phi) is 5.48. The van der Waals surface area contributed by atoms with Crippen molar-refractivity contribution in [2.75, 3.05) is 27.2 Å². The fraction of sp³-hybridized carbons (Fsp3) is 0.474. The van der Waals surface area contributed by atoms with Crippen molar-refractivity contribution in [2.24, 2.45) is 0 Å². The zero-order valence-corrected chi connectivity index (χ0v) is 14.9. The van der Waals surface area contributed by atoms with Crippen LogP contribution in [-0.4, -0.2) is 47.5 Å². The Morgan fingerprint density at radius 3 is 2.92 bits per heavy atom. The van der Waals surface area contributed by atoms with Gasteiger partial charge in [-0.3, -0.25) is 4.79 Å². The molecular weight excluding hydrogens is 319 g/mol. The van der Waals surface area contributed by atoms with Gasteiger partial charge in [-0.15, -0.1) is 0 Å². The van der Waals surface area contributed by atoms with Gasteiger partial charge < -0.3 is 14.8 Å². The van der Waals surface area contributed by atoms with Gasteiger partial charge in [0, 0.05) is 25.2 Å². The Morgan fingerprint density at radius 1 is 1.32 bits per heavy atom. The lowest BCUT2D eigenvalue weighted by atomic mass is 10.1. The fourth-order valence-corrected chi connectivity index (χ4v) is 3.23. The van der Waals surface area contributed by atoms with Gasteiger partial charge in [-0.25, -0.2) is 9.37 Å². The number of hydrogen-bond donors (Lipinski definition) is 1. The second kappa shape index (κ2) is 7.78. The minimum Gasteiger partial charge on any atom is -0.349 e. The molecule has 6 heteroatoms. The molecule has 0 radical (unpaired) electrons. The average Bonchev–Trinajstić information content (AvgIpc) is 2.76. The number of aromatic nitrogens is 2. The number of rotatable bonds is 5. The average molecular weight is 344 g/mol. The summed E-state index contributed by atoms with van der Waals surface area (Å²) in [5.74, 6) is 0.254. The van der Waals surface area contributed by atoms with Crippen molar-refractivity contribution >= 4 is 5.91 Å². The van der Waals surface area contributed by atoms with Crippen molar-refractivity contribution in [3.63, 3.8) is 0 Å². The predicted molar refractivity (Wildman–Crippen MR) is 96.1 cm³/mol. The highest BCUT2D eigenvalue weighted by molar-refractivity contribution is 5.94. The number of fused-ring (bicyclic) bond motifs is 1. The Labute approximate surface area is 147 Å². The maximum absolute atomic E-state index is 13.7. The maximum atomic E-state index is 13.7. The molecule has 1 N–H and O–H groups in total. The van der Waals surface area contributed by atoms with Gasteiger partial charge in [0.25, 0.3) is 5.91 Å². The third-order valence-electron chi connectivity index (χ3n) is 4.51. The number of imidazole rings is 1. The van der Waals surface area contributed by atoms with Crippen molar-refractivity contribution in [2.45, 2.75) is 32.2 Å². The van der Waals surface area contributed by atoms with Crippen LogP contribution in [0.5, 0.6) is 0 Å². The molecule has 2 heterocycles. The van der Waals surface area contributed by atoms with E-state index in [1.54, 1.807) is 6.07 Å². The Hall–Kier alpha value is -2.21. The molecule has 0 fully saturated rings. The molecule has 1 amide bonds. The molecule has 5 nitrogen and oxygen atoms in total. The molecule has 0 unspecified atom stereocenters. The summed E-state index contributed by atoms with van der Waals surface area (Å²) >= 11 is 0. The topological polar surface area (TPSA) is 50.2 Å². The Bertz CT molecular complexity index is 754. The quantitative estimate of drug-likeness (QED) is 0.907. The van der Waals surface area contributed by atoms with E-state index < -0.39 is 0 Å². The normalized spacial score (nSPS) is 14.2. The number of halogens is 1. The van der Waals surface area contributed by atoms with Crippen LogP contribution in [0.4, 0.5) is 4.39 Å². The lowest BCUT2D eigenvalue weighted by molar-refractivity contribution is 0.0945. The summed E-state index contributed by atoms with van der Waals surface area (Å²) in [6.07, 6.45) is 4.06. The van der Waals surface area contributed by atoms with Gasteiger partial charge in [0.1, 0.15) is 17.3 Å². The van der Waals surface area contributed by atoms with E-state index in [1.807, 2.05) is 25.1 Å². The number of hydrogen-bond acceptors (Lipinski definition) is 3. The first kappa shape index (κ1) is 17.6. The maximum Gasteiger partial charge on any atom is 0.271 e. The molecule has 2 aromatic rings. The molecule has 1 aromatic heterocycles. The van der Waals surface area contributed by atoms with Gasteiger partial charge in [0.2, 0.25) is 0 Å². The van der Waals surface area contributed by atoms with Crippen molar-refractivity contribution in [1.82, 2.24) is 19.8 Å². The minimum atomic E-state index is -0.291. The van der Waals surface area contributed by atoms with Crippen LogP contribution >= 0.6 is 0 Å². The molecule has 3 rings (SSSR count). The van der Waals surface area contributed by atoms with E-state index >= 15 is 0 Å². The van der Waals surface area contributed by atoms with Gasteiger partial charge in [0.15, 0.2) is 0 Å². The highest BCUT2D eigenvalue weighted by Crippen LogP contribution is 2.27. The summed E-state index contributed by atoms with van der Waals surface area (Å²) < 4.78 is 15.8. The molecule has 1 aromatic carbocycles. The second-order valence-electron chi connectivity index (χ2n) is 6.76. The van der Waals surface area contributed by atoms with E-state index in [9.17, 15) is 9.18 Å². The van der Waals surface area contributed by atoms with Crippen LogP contribution in [-0.2, 0) is 13.0 Å². The predicted octanol–water partition coefficient (Wildman–Crippen LogP) is 2.71. The van der Waals surface area contributed by atoms with Crippen LogP contribution in [0.2, 0.25) is 0 Å². The lowest BCUT2D eigenvalue weighted by Gasteiger charge is -2.11. The van der Waals surface area contributed by atoms with E-state index in [0.717, 1.165) is 50.0 Å². The zero-order chi connectivity index (χ0) is 17.8. The third-order valence-corrected chi connectivity index (χ3v) is 4.51. The molecular formula is C19H25FN4O. The first-order valence-corrected chi connectivity index (χ1v) is 8.84. The number of nitrogens with zero attached hydrogens (tertiary/aromatic N) is 3. The first-order chi connectivity index (χ1) is 12.1. The summed E-state index contributed by atoms with van der Waals surface area (Å²) in [6.45, 7) is 2.17. The smallest absolute Gasteiger partial charge is 0.271 e. The van der Waals surface area contributed by atoms with Crippen LogP contribution in [0.1, 0.15) is 35.4 Å². The van der Waals surface area contributed by atoms with E-state index in [1.165, 1.54) is 12.1 Å². The highest BCUT2D eigenvalue weighted by atomic mass is 19.1. The summed E-state index contributed by atoms with van der Waals surface area (Å²) in [5.41, 5.74) is 2.18. The van der Waals surface area contributed by atoms with E-state index in [0.29, 0.717) is 18.1 Å². The number of benzene rings is 1. The minimum absolute atomic E-state index is 0.143. The van der Waals surface area contributed by atoms with E-state index in [4.69, 9.17) is 0 Å². The monoisotopic (exact) mass is 344 g/mol. The third kappa shape index (κ3) is 4.07. The number of amides is 1. The number of carbonyl (C=O) groups is 1. The summed E-state index contributed by atoms with van der Waals surface area (Å²) in [6, 6.07) is 6.43. The number of likely N-dealkylation sites (N-methyl/N-ethyl adjacent to an activating group) is 1. The van der Waals surface area contributed by atoms with Crippen LogP contribution in [0.15, 0.2) is 24.3 Å². The Morgan fingerprint density at radius 2 is 2.16 bits per heavy atom. The van der Waals surface area contributed by atoms with Gasteiger partial charge in [-0.05, 0) is 45.5 Å². The molecule has 0 atom stereocenters. The van der Waals surface area contributed by atoms with Crippen LogP contribution in [0.3, 0.4) is 0 Å². The van der Waals surface area contributed by atoms with E-state index in [-0.39, 0.29) is 11.7 Å². The molecule has 0 saturated heterocycles. The summed E-state index contributed by atoms with van der Waals surface area (Å²) in [4.78, 5) is 19.3. The molecule has 0 bridgehead atoms.